The van der Waals surface area contributed by atoms with Gasteiger partial charge in [0.2, 0.25) is 11.9 Å². The lowest BCUT2D eigenvalue weighted by molar-refractivity contribution is 0.628. The molecule has 2 heterocycles. The minimum absolute atomic E-state index is 0.0815. The van der Waals surface area contributed by atoms with E-state index in [1.807, 2.05) is 11.6 Å². The van der Waals surface area contributed by atoms with Crippen LogP contribution < -0.4 is 11.5 Å². The summed E-state index contributed by atoms with van der Waals surface area (Å²) in [5.41, 5.74) is 11.9. The Kier molecular flexibility index (Phi) is 4.06. The molecule has 23 heavy (non-hydrogen) atoms. The van der Waals surface area contributed by atoms with Crippen molar-refractivity contribution in [2.24, 2.45) is 7.05 Å². The number of hydrogen-bond acceptors (Lipinski definition) is 8. The number of aromatic nitrogens is 6. The van der Waals surface area contributed by atoms with E-state index in [2.05, 4.69) is 25.1 Å². The van der Waals surface area contributed by atoms with Gasteiger partial charge in [0.15, 0.2) is 11.0 Å². The number of benzene rings is 1. The molecule has 0 aliphatic heterocycles. The molecule has 4 N–H and O–H groups in total. The maximum absolute atomic E-state index is 13.0. The maximum atomic E-state index is 13.0. The second kappa shape index (κ2) is 6.16. The molecule has 0 saturated heterocycles. The second-order valence-electron chi connectivity index (χ2n) is 4.63. The number of nitrogens with zero attached hydrogens (tertiary/aromatic N) is 6. The standard InChI is InChI=1S/C13H13FN8S/c1-22-10(7-2-4-8(14)5-3-7)20-21-13(22)23-6-9-17-11(15)19-12(16)18-9/h2-5H,6H2,1H3,(H4,15,16,17,18,19). The fourth-order valence-corrected chi connectivity index (χ4v) is 2.71. The highest BCUT2D eigenvalue weighted by molar-refractivity contribution is 7.98. The Morgan fingerprint density at radius 3 is 2.35 bits per heavy atom. The van der Waals surface area contributed by atoms with Crippen LogP contribution in [-0.4, -0.2) is 29.7 Å². The molecule has 0 atom stereocenters. The van der Waals surface area contributed by atoms with Crippen LogP contribution in [0.1, 0.15) is 5.82 Å². The van der Waals surface area contributed by atoms with Crippen molar-refractivity contribution in [2.45, 2.75) is 10.9 Å². The number of thioether (sulfide) groups is 1. The molecule has 0 fully saturated rings. The fraction of sp³-hybridized carbons (Fsp3) is 0.154. The second-order valence-corrected chi connectivity index (χ2v) is 5.57. The van der Waals surface area contributed by atoms with E-state index in [0.29, 0.717) is 22.6 Å². The molecule has 0 aliphatic carbocycles. The molecule has 0 aliphatic rings. The zero-order valence-electron chi connectivity index (χ0n) is 12.1. The Morgan fingerprint density at radius 2 is 1.70 bits per heavy atom. The predicted molar refractivity (Wildman–Crippen MR) is 84.6 cm³/mol. The van der Waals surface area contributed by atoms with Gasteiger partial charge >= 0.3 is 0 Å². The van der Waals surface area contributed by atoms with E-state index in [9.17, 15) is 4.39 Å². The summed E-state index contributed by atoms with van der Waals surface area (Å²) in [5, 5.41) is 8.92. The van der Waals surface area contributed by atoms with E-state index in [1.165, 1.54) is 23.9 Å². The molecule has 1 aromatic carbocycles. The van der Waals surface area contributed by atoms with Crippen molar-refractivity contribution in [1.29, 1.82) is 0 Å². The molecule has 0 radical (unpaired) electrons. The number of hydrogen-bond donors (Lipinski definition) is 2. The van der Waals surface area contributed by atoms with Crippen molar-refractivity contribution < 1.29 is 4.39 Å². The smallest absolute Gasteiger partial charge is 0.225 e. The first-order valence-electron chi connectivity index (χ1n) is 6.57. The first-order chi connectivity index (χ1) is 11.0. The average Bonchev–Trinajstić information content (AvgIpc) is 2.86. The minimum atomic E-state index is -0.296. The Balaban J connectivity index is 1.78. The van der Waals surface area contributed by atoms with Crippen LogP contribution in [0.2, 0.25) is 0 Å². The van der Waals surface area contributed by atoms with Crippen LogP contribution in [0, 0.1) is 5.82 Å². The van der Waals surface area contributed by atoms with Crippen LogP contribution in [0.25, 0.3) is 11.4 Å². The van der Waals surface area contributed by atoms with Crippen LogP contribution in [0.5, 0.6) is 0 Å². The van der Waals surface area contributed by atoms with Crippen LogP contribution in [0.15, 0.2) is 29.4 Å². The highest BCUT2D eigenvalue weighted by Crippen LogP contribution is 2.24. The molecule has 0 spiro atoms. The number of nitrogens with two attached hydrogens (primary N) is 2. The lowest BCUT2D eigenvalue weighted by Crippen LogP contribution is -2.06. The first kappa shape index (κ1) is 15.2. The highest BCUT2D eigenvalue weighted by atomic mass is 32.2. The van der Waals surface area contributed by atoms with Crippen molar-refractivity contribution in [3.63, 3.8) is 0 Å². The molecule has 0 unspecified atom stereocenters. The van der Waals surface area contributed by atoms with Gasteiger partial charge in [-0.3, -0.25) is 0 Å². The number of halogens is 1. The van der Waals surface area contributed by atoms with Crippen molar-refractivity contribution in [3.05, 3.63) is 35.9 Å². The molecule has 3 rings (SSSR count). The molecule has 0 bridgehead atoms. The van der Waals surface area contributed by atoms with E-state index in [1.54, 1.807) is 12.1 Å². The summed E-state index contributed by atoms with van der Waals surface area (Å²) in [5.74, 6) is 1.40. The first-order valence-corrected chi connectivity index (χ1v) is 7.55. The van der Waals surface area contributed by atoms with Crippen LogP contribution in [0.4, 0.5) is 16.3 Å². The minimum Gasteiger partial charge on any atom is -0.368 e. The van der Waals surface area contributed by atoms with Crippen molar-refractivity contribution in [3.8, 4) is 11.4 Å². The molecule has 0 amide bonds. The van der Waals surface area contributed by atoms with E-state index in [-0.39, 0.29) is 17.7 Å². The summed E-state index contributed by atoms with van der Waals surface area (Å²) >= 11 is 1.39. The Hall–Kier alpha value is -2.75. The molecule has 0 saturated carbocycles. The Labute approximate surface area is 135 Å². The largest absolute Gasteiger partial charge is 0.368 e. The molecule has 8 nitrogen and oxygen atoms in total. The highest BCUT2D eigenvalue weighted by Gasteiger charge is 2.12. The van der Waals surface area contributed by atoms with Gasteiger partial charge in [0.05, 0.1) is 5.75 Å². The Morgan fingerprint density at radius 1 is 1.04 bits per heavy atom. The third-order valence-electron chi connectivity index (χ3n) is 2.98. The summed E-state index contributed by atoms with van der Waals surface area (Å²) in [6.07, 6.45) is 0. The lowest BCUT2D eigenvalue weighted by atomic mass is 10.2. The summed E-state index contributed by atoms with van der Waals surface area (Å²) < 4.78 is 14.8. The lowest BCUT2D eigenvalue weighted by Gasteiger charge is -2.04. The van der Waals surface area contributed by atoms with E-state index in [0.717, 1.165) is 5.56 Å². The van der Waals surface area contributed by atoms with Crippen LogP contribution in [-0.2, 0) is 12.8 Å². The summed E-state index contributed by atoms with van der Waals surface area (Å²) in [7, 11) is 1.83. The van der Waals surface area contributed by atoms with Gasteiger partial charge in [0, 0.05) is 12.6 Å². The molecule has 10 heteroatoms. The summed E-state index contributed by atoms with van der Waals surface area (Å²) in [4.78, 5) is 11.7. The van der Waals surface area contributed by atoms with Gasteiger partial charge in [-0.25, -0.2) is 4.39 Å². The monoisotopic (exact) mass is 332 g/mol. The third-order valence-corrected chi connectivity index (χ3v) is 4.00. The predicted octanol–water partition coefficient (Wildman–Crippen LogP) is 1.26. The van der Waals surface area contributed by atoms with Crippen molar-refractivity contribution in [1.82, 2.24) is 29.7 Å². The van der Waals surface area contributed by atoms with Gasteiger partial charge in [-0.1, -0.05) is 11.8 Å². The summed E-state index contributed by atoms with van der Waals surface area (Å²) in [6, 6.07) is 6.07. The van der Waals surface area contributed by atoms with Gasteiger partial charge in [0.25, 0.3) is 0 Å². The zero-order chi connectivity index (χ0) is 16.4. The van der Waals surface area contributed by atoms with Crippen LogP contribution in [0.3, 0.4) is 0 Å². The normalized spacial score (nSPS) is 10.9. The van der Waals surface area contributed by atoms with E-state index in [4.69, 9.17) is 11.5 Å². The van der Waals surface area contributed by atoms with Gasteiger partial charge in [-0.15, -0.1) is 10.2 Å². The van der Waals surface area contributed by atoms with Gasteiger partial charge in [0.1, 0.15) is 11.6 Å². The quantitative estimate of drug-likeness (QED) is 0.685. The molecular formula is C13H13FN8S. The topological polar surface area (TPSA) is 121 Å². The molecular weight excluding hydrogens is 319 g/mol. The van der Waals surface area contributed by atoms with Gasteiger partial charge in [-0.05, 0) is 24.3 Å². The number of nitrogen functional groups attached to an aromatic ring is 2. The van der Waals surface area contributed by atoms with Crippen molar-refractivity contribution >= 4 is 23.7 Å². The number of anilines is 2. The van der Waals surface area contributed by atoms with Crippen LogP contribution >= 0.6 is 11.8 Å². The Bertz CT molecular complexity index is 812. The van der Waals surface area contributed by atoms with Gasteiger partial charge in [-0.2, -0.15) is 15.0 Å². The third kappa shape index (κ3) is 3.37. The number of rotatable bonds is 4. The average molecular weight is 332 g/mol. The zero-order valence-corrected chi connectivity index (χ0v) is 13.0. The van der Waals surface area contributed by atoms with Gasteiger partial charge < -0.3 is 16.0 Å². The summed E-state index contributed by atoms with van der Waals surface area (Å²) in [6.45, 7) is 0. The van der Waals surface area contributed by atoms with E-state index >= 15 is 0 Å². The fourth-order valence-electron chi connectivity index (χ4n) is 1.94. The SMILES string of the molecule is Cn1c(SCc2nc(N)nc(N)n2)nnc1-c1ccc(F)cc1. The maximum Gasteiger partial charge on any atom is 0.225 e. The molecule has 3 aromatic rings. The van der Waals surface area contributed by atoms with Crippen molar-refractivity contribution in [2.75, 3.05) is 11.5 Å². The van der Waals surface area contributed by atoms with E-state index < -0.39 is 0 Å². The molecule has 2 aromatic heterocycles. The molecule has 118 valence electrons.